The van der Waals surface area contributed by atoms with E-state index in [2.05, 4.69) is 25.1 Å². The van der Waals surface area contributed by atoms with Crippen LogP contribution in [0.25, 0.3) is 5.57 Å². The molecule has 0 N–H and O–H groups in total. The van der Waals surface area contributed by atoms with Crippen LogP contribution in [0.1, 0.15) is 30.9 Å². The van der Waals surface area contributed by atoms with Crippen LogP contribution in [0.15, 0.2) is 47.6 Å². The number of allylic oxidation sites excluding steroid dienone is 6. The molecule has 1 aromatic rings. The van der Waals surface area contributed by atoms with Gasteiger partial charge in [-0.05, 0) is 72.2 Å². The van der Waals surface area contributed by atoms with Gasteiger partial charge in [0, 0.05) is 0 Å². The van der Waals surface area contributed by atoms with Crippen molar-refractivity contribution in [3.63, 3.8) is 0 Å². The summed E-state index contributed by atoms with van der Waals surface area (Å²) in [6.07, 6.45) is 8.88. The number of ether oxygens (including phenoxy) is 1. The largest absolute Gasteiger partial charge is 0.497 e. The SMILES string of the molecule is COc1ccc2c(c1)CCC1=C3C=CC(=O)C3(C)CC=C12. The smallest absolute Gasteiger partial charge is 0.166 e. The summed E-state index contributed by atoms with van der Waals surface area (Å²) >= 11 is 0. The van der Waals surface area contributed by atoms with Crippen molar-refractivity contribution < 1.29 is 9.53 Å². The highest BCUT2D eigenvalue weighted by molar-refractivity contribution is 6.04. The minimum atomic E-state index is -0.317. The van der Waals surface area contributed by atoms with Crippen LogP contribution < -0.4 is 4.74 Å². The number of aryl methyl sites for hydroxylation is 1. The highest BCUT2D eigenvalue weighted by Crippen LogP contribution is 2.51. The first-order chi connectivity index (χ1) is 10.1. The van der Waals surface area contributed by atoms with E-state index in [9.17, 15) is 4.79 Å². The first-order valence-corrected chi connectivity index (χ1v) is 7.47. The van der Waals surface area contributed by atoms with Crippen LogP contribution in [0.4, 0.5) is 0 Å². The Balaban J connectivity index is 1.87. The molecule has 1 atom stereocenters. The number of fused-ring (bicyclic) bond motifs is 4. The van der Waals surface area contributed by atoms with Crippen LogP contribution >= 0.6 is 0 Å². The molecule has 0 aliphatic heterocycles. The quantitative estimate of drug-likeness (QED) is 0.779. The van der Waals surface area contributed by atoms with Crippen LogP contribution in [0.2, 0.25) is 0 Å². The number of benzene rings is 1. The van der Waals surface area contributed by atoms with Crippen LogP contribution in [-0.4, -0.2) is 12.9 Å². The molecule has 1 aromatic carbocycles. The third-order valence-corrected chi connectivity index (χ3v) is 5.15. The Morgan fingerprint density at radius 2 is 2.05 bits per heavy atom. The normalized spacial score (nSPS) is 26.2. The van der Waals surface area contributed by atoms with Gasteiger partial charge >= 0.3 is 0 Å². The zero-order valence-corrected chi connectivity index (χ0v) is 12.4. The van der Waals surface area contributed by atoms with E-state index in [4.69, 9.17) is 4.74 Å². The number of rotatable bonds is 1. The molecular formula is C19H18O2. The molecule has 0 bridgehead atoms. The number of hydrogen-bond donors (Lipinski definition) is 0. The maximum absolute atomic E-state index is 12.2. The lowest BCUT2D eigenvalue weighted by atomic mass is 9.68. The van der Waals surface area contributed by atoms with Crippen LogP contribution in [0.3, 0.4) is 0 Å². The van der Waals surface area contributed by atoms with Crippen LogP contribution in [0, 0.1) is 5.41 Å². The molecule has 21 heavy (non-hydrogen) atoms. The molecule has 106 valence electrons. The number of hydrogen-bond acceptors (Lipinski definition) is 2. The van der Waals surface area contributed by atoms with Crippen molar-refractivity contribution in [1.82, 2.24) is 0 Å². The molecular weight excluding hydrogens is 260 g/mol. The number of carbonyl (C=O) groups is 1. The van der Waals surface area contributed by atoms with Gasteiger partial charge in [-0.25, -0.2) is 0 Å². The summed E-state index contributed by atoms with van der Waals surface area (Å²) in [7, 11) is 1.71. The molecule has 3 aliphatic carbocycles. The summed E-state index contributed by atoms with van der Waals surface area (Å²) in [5.41, 5.74) is 6.27. The van der Waals surface area contributed by atoms with Gasteiger partial charge in [0.2, 0.25) is 0 Å². The Hall–Kier alpha value is -2.09. The molecule has 0 saturated heterocycles. The van der Waals surface area contributed by atoms with E-state index in [1.807, 2.05) is 12.1 Å². The van der Waals surface area contributed by atoms with E-state index >= 15 is 0 Å². The molecule has 0 fully saturated rings. The molecule has 3 aliphatic rings. The minimum absolute atomic E-state index is 0.251. The second kappa shape index (κ2) is 4.20. The molecule has 2 nitrogen and oxygen atoms in total. The molecule has 0 heterocycles. The second-order valence-electron chi connectivity index (χ2n) is 6.27. The first-order valence-electron chi connectivity index (χ1n) is 7.47. The summed E-state index contributed by atoms with van der Waals surface area (Å²) in [6.45, 7) is 2.08. The Bertz CT molecular complexity index is 749. The number of carbonyl (C=O) groups excluding carboxylic acids is 1. The maximum atomic E-state index is 12.2. The summed E-state index contributed by atoms with van der Waals surface area (Å²) in [5.74, 6) is 1.17. The Morgan fingerprint density at radius 1 is 1.19 bits per heavy atom. The Kier molecular flexibility index (Phi) is 2.53. The van der Waals surface area contributed by atoms with Crippen molar-refractivity contribution in [2.75, 3.05) is 7.11 Å². The van der Waals surface area contributed by atoms with Crippen LogP contribution in [0.5, 0.6) is 5.75 Å². The molecule has 0 spiro atoms. The van der Waals surface area contributed by atoms with Gasteiger partial charge in [0.15, 0.2) is 5.78 Å². The third-order valence-electron chi connectivity index (χ3n) is 5.15. The van der Waals surface area contributed by atoms with Crippen molar-refractivity contribution in [3.8, 4) is 5.75 Å². The van der Waals surface area contributed by atoms with E-state index in [1.165, 1.54) is 27.8 Å². The Labute approximate surface area is 124 Å². The predicted octanol–water partition coefficient (Wildman–Crippen LogP) is 3.87. The lowest BCUT2D eigenvalue weighted by molar-refractivity contribution is -0.120. The highest BCUT2D eigenvalue weighted by atomic mass is 16.5. The van der Waals surface area contributed by atoms with Gasteiger partial charge in [0.05, 0.1) is 12.5 Å². The summed E-state index contributed by atoms with van der Waals surface area (Å²) < 4.78 is 5.33. The standard InChI is InChI=1S/C19H18O2/c1-19-10-9-15-14-6-4-13(21-2)11-12(14)3-5-16(15)17(19)7-8-18(19)20/h4,6-9,11H,3,5,10H2,1-2H3. The molecule has 0 saturated carbocycles. The van der Waals surface area contributed by atoms with Crippen molar-refractivity contribution in [3.05, 3.63) is 58.7 Å². The molecule has 2 heteroatoms. The van der Waals surface area contributed by atoms with Gasteiger partial charge in [-0.15, -0.1) is 0 Å². The van der Waals surface area contributed by atoms with Gasteiger partial charge in [-0.2, -0.15) is 0 Å². The summed E-state index contributed by atoms with van der Waals surface area (Å²) in [4.78, 5) is 12.2. The van der Waals surface area contributed by atoms with Gasteiger partial charge in [-0.3, -0.25) is 4.79 Å². The molecule has 0 aromatic heterocycles. The number of ketones is 1. The lowest BCUT2D eigenvalue weighted by Gasteiger charge is -2.34. The minimum Gasteiger partial charge on any atom is -0.497 e. The van der Waals surface area contributed by atoms with E-state index in [1.54, 1.807) is 13.2 Å². The van der Waals surface area contributed by atoms with E-state index in [0.717, 1.165) is 25.0 Å². The zero-order valence-electron chi connectivity index (χ0n) is 12.4. The molecule has 0 radical (unpaired) electrons. The topological polar surface area (TPSA) is 26.3 Å². The van der Waals surface area contributed by atoms with Crippen molar-refractivity contribution >= 4 is 11.4 Å². The van der Waals surface area contributed by atoms with Crippen molar-refractivity contribution in [2.45, 2.75) is 26.2 Å². The molecule has 1 unspecified atom stereocenters. The average molecular weight is 278 g/mol. The summed E-state index contributed by atoms with van der Waals surface area (Å²) in [6, 6.07) is 6.32. The van der Waals surface area contributed by atoms with Gasteiger partial charge < -0.3 is 4.74 Å². The van der Waals surface area contributed by atoms with Crippen molar-refractivity contribution in [1.29, 1.82) is 0 Å². The Morgan fingerprint density at radius 3 is 2.86 bits per heavy atom. The lowest BCUT2D eigenvalue weighted by Crippen LogP contribution is -2.28. The second-order valence-corrected chi connectivity index (χ2v) is 6.27. The predicted molar refractivity (Wildman–Crippen MR) is 83.2 cm³/mol. The van der Waals surface area contributed by atoms with E-state index in [-0.39, 0.29) is 11.2 Å². The molecule has 0 amide bonds. The first kappa shape index (κ1) is 12.6. The maximum Gasteiger partial charge on any atom is 0.166 e. The van der Waals surface area contributed by atoms with Crippen LogP contribution in [-0.2, 0) is 11.2 Å². The zero-order chi connectivity index (χ0) is 14.6. The fourth-order valence-electron chi connectivity index (χ4n) is 3.85. The van der Waals surface area contributed by atoms with Gasteiger partial charge in [0.1, 0.15) is 5.75 Å². The monoisotopic (exact) mass is 278 g/mol. The average Bonchev–Trinajstić information content (AvgIpc) is 2.82. The number of methoxy groups -OCH3 is 1. The van der Waals surface area contributed by atoms with E-state index in [0.29, 0.717) is 0 Å². The van der Waals surface area contributed by atoms with Gasteiger partial charge in [0.25, 0.3) is 0 Å². The fourth-order valence-corrected chi connectivity index (χ4v) is 3.85. The summed E-state index contributed by atoms with van der Waals surface area (Å²) in [5, 5.41) is 0. The third kappa shape index (κ3) is 1.62. The van der Waals surface area contributed by atoms with Crippen molar-refractivity contribution in [2.24, 2.45) is 5.41 Å². The molecule has 4 rings (SSSR count). The highest BCUT2D eigenvalue weighted by Gasteiger charge is 2.42. The van der Waals surface area contributed by atoms with E-state index < -0.39 is 0 Å². The van der Waals surface area contributed by atoms with Gasteiger partial charge in [-0.1, -0.05) is 18.2 Å². The fraction of sp³-hybridized carbons (Fsp3) is 0.316.